The second kappa shape index (κ2) is 5.65. The number of aliphatic hydroxyl groups excluding tert-OH is 1. The van der Waals surface area contributed by atoms with Crippen molar-refractivity contribution in [3.63, 3.8) is 0 Å². The Morgan fingerprint density at radius 3 is 2.56 bits per heavy atom. The number of ether oxygens (including phenoxy) is 1. The van der Waals surface area contributed by atoms with Gasteiger partial charge in [-0.2, -0.15) is 0 Å². The summed E-state index contributed by atoms with van der Waals surface area (Å²) in [5, 5.41) is 9.97. The molecule has 0 saturated heterocycles. The van der Waals surface area contributed by atoms with E-state index in [-0.39, 0.29) is 6.61 Å². The van der Waals surface area contributed by atoms with E-state index < -0.39 is 6.10 Å². The maximum Gasteiger partial charge on any atom is 0.122 e. The van der Waals surface area contributed by atoms with Crippen LogP contribution in [0, 0.1) is 13.8 Å². The fraction of sp³-hybridized carbons (Fsp3) is 0.267. The zero-order chi connectivity index (χ0) is 13.0. The number of rotatable bonds is 4. The van der Waals surface area contributed by atoms with Gasteiger partial charge >= 0.3 is 0 Å². The summed E-state index contributed by atoms with van der Waals surface area (Å²) in [7, 11) is 0. The number of aromatic nitrogens is 1. The van der Waals surface area contributed by atoms with E-state index in [9.17, 15) is 5.11 Å². The van der Waals surface area contributed by atoms with Crippen LogP contribution in [0.2, 0.25) is 0 Å². The molecule has 0 aliphatic rings. The molecule has 3 heteroatoms. The lowest BCUT2D eigenvalue weighted by Gasteiger charge is -2.14. The van der Waals surface area contributed by atoms with E-state index >= 15 is 0 Å². The number of aliphatic hydroxyl groups is 1. The molecule has 1 N–H and O–H groups in total. The Bertz CT molecular complexity index is 511. The van der Waals surface area contributed by atoms with Crippen molar-refractivity contribution in [2.75, 3.05) is 6.61 Å². The summed E-state index contributed by atoms with van der Waals surface area (Å²) < 4.78 is 5.64. The first-order valence-electron chi connectivity index (χ1n) is 5.95. The number of nitrogens with zero attached hydrogens (tertiary/aromatic N) is 1. The predicted molar refractivity (Wildman–Crippen MR) is 70.6 cm³/mol. The second-order valence-corrected chi connectivity index (χ2v) is 4.38. The van der Waals surface area contributed by atoms with Gasteiger partial charge in [0.05, 0.1) is 0 Å². The quantitative estimate of drug-likeness (QED) is 0.897. The van der Waals surface area contributed by atoms with Gasteiger partial charge in [-0.25, -0.2) is 0 Å². The summed E-state index contributed by atoms with van der Waals surface area (Å²) in [5.74, 6) is 0.814. The Kier molecular flexibility index (Phi) is 3.95. The molecule has 1 aromatic heterocycles. The molecule has 0 aliphatic carbocycles. The van der Waals surface area contributed by atoms with Crippen molar-refractivity contribution in [2.24, 2.45) is 0 Å². The zero-order valence-corrected chi connectivity index (χ0v) is 10.6. The highest BCUT2D eigenvalue weighted by Crippen LogP contribution is 2.20. The minimum absolute atomic E-state index is 0.244. The highest BCUT2D eigenvalue weighted by atomic mass is 16.5. The molecule has 2 rings (SSSR count). The lowest BCUT2D eigenvalue weighted by atomic mass is 10.1. The first-order valence-corrected chi connectivity index (χ1v) is 5.95. The Morgan fingerprint density at radius 2 is 1.89 bits per heavy atom. The maximum absolute atomic E-state index is 9.97. The SMILES string of the molecule is Cc1ccc(OCC(O)c2ccncc2)c(C)c1. The molecule has 1 unspecified atom stereocenters. The van der Waals surface area contributed by atoms with Gasteiger partial charge in [0.2, 0.25) is 0 Å². The Labute approximate surface area is 107 Å². The summed E-state index contributed by atoms with van der Waals surface area (Å²) in [6.07, 6.45) is 2.69. The minimum atomic E-state index is -0.631. The molecule has 0 spiro atoms. The molecule has 2 aromatic rings. The number of pyridine rings is 1. The lowest BCUT2D eigenvalue weighted by Crippen LogP contribution is -2.10. The minimum Gasteiger partial charge on any atom is -0.490 e. The van der Waals surface area contributed by atoms with Crippen molar-refractivity contribution in [3.8, 4) is 5.75 Å². The summed E-state index contributed by atoms with van der Waals surface area (Å²) in [6.45, 7) is 4.29. The van der Waals surface area contributed by atoms with Gasteiger partial charge in [-0.05, 0) is 43.2 Å². The number of aryl methyl sites for hydroxylation is 2. The highest BCUT2D eigenvalue weighted by molar-refractivity contribution is 5.35. The first kappa shape index (κ1) is 12.6. The Balaban J connectivity index is 1.99. The van der Waals surface area contributed by atoms with Crippen molar-refractivity contribution in [3.05, 3.63) is 59.4 Å². The number of hydrogen-bond donors (Lipinski definition) is 1. The highest BCUT2D eigenvalue weighted by Gasteiger charge is 2.08. The van der Waals surface area contributed by atoms with E-state index in [1.165, 1.54) is 5.56 Å². The Hall–Kier alpha value is -1.87. The van der Waals surface area contributed by atoms with E-state index in [1.54, 1.807) is 24.5 Å². The van der Waals surface area contributed by atoms with E-state index in [0.29, 0.717) is 0 Å². The molecular weight excluding hydrogens is 226 g/mol. The molecule has 0 bridgehead atoms. The van der Waals surface area contributed by atoms with Crippen LogP contribution < -0.4 is 4.74 Å². The molecule has 18 heavy (non-hydrogen) atoms. The van der Waals surface area contributed by atoms with E-state index in [2.05, 4.69) is 11.1 Å². The molecule has 0 radical (unpaired) electrons. The zero-order valence-electron chi connectivity index (χ0n) is 10.6. The van der Waals surface area contributed by atoms with E-state index in [1.807, 2.05) is 26.0 Å². The van der Waals surface area contributed by atoms with Crippen molar-refractivity contribution in [2.45, 2.75) is 20.0 Å². The third-order valence-electron chi connectivity index (χ3n) is 2.82. The average Bonchev–Trinajstić information content (AvgIpc) is 2.38. The molecule has 0 amide bonds. The average molecular weight is 243 g/mol. The third-order valence-corrected chi connectivity index (χ3v) is 2.82. The molecule has 0 aliphatic heterocycles. The van der Waals surface area contributed by atoms with Gasteiger partial charge in [-0.3, -0.25) is 4.98 Å². The van der Waals surface area contributed by atoms with Gasteiger partial charge in [0.1, 0.15) is 18.5 Å². The van der Waals surface area contributed by atoms with E-state index in [4.69, 9.17) is 4.74 Å². The number of hydrogen-bond acceptors (Lipinski definition) is 3. The van der Waals surface area contributed by atoms with Crippen LogP contribution in [-0.4, -0.2) is 16.7 Å². The fourth-order valence-corrected chi connectivity index (χ4v) is 1.81. The monoisotopic (exact) mass is 243 g/mol. The lowest BCUT2D eigenvalue weighted by molar-refractivity contribution is 0.108. The van der Waals surface area contributed by atoms with Crippen LogP contribution >= 0.6 is 0 Å². The molecule has 0 saturated carbocycles. The molecule has 0 fully saturated rings. The van der Waals surface area contributed by atoms with Gasteiger partial charge in [-0.15, -0.1) is 0 Å². The van der Waals surface area contributed by atoms with Crippen LogP contribution in [0.5, 0.6) is 5.75 Å². The second-order valence-electron chi connectivity index (χ2n) is 4.38. The largest absolute Gasteiger partial charge is 0.490 e. The van der Waals surface area contributed by atoms with Crippen LogP contribution in [0.1, 0.15) is 22.8 Å². The summed E-state index contributed by atoms with van der Waals surface area (Å²) in [5.41, 5.74) is 3.10. The van der Waals surface area contributed by atoms with Gasteiger partial charge in [-0.1, -0.05) is 17.7 Å². The smallest absolute Gasteiger partial charge is 0.122 e. The third kappa shape index (κ3) is 3.08. The molecule has 94 valence electrons. The fourth-order valence-electron chi connectivity index (χ4n) is 1.81. The van der Waals surface area contributed by atoms with Crippen molar-refractivity contribution >= 4 is 0 Å². The normalized spacial score (nSPS) is 12.2. The summed E-state index contributed by atoms with van der Waals surface area (Å²) in [4.78, 5) is 3.92. The van der Waals surface area contributed by atoms with Gasteiger partial charge in [0, 0.05) is 12.4 Å². The first-order chi connectivity index (χ1) is 8.66. The molecule has 1 heterocycles. The van der Waals surface area contributed by atoms with Gasteiger partial charge in [0.25, 0.3) is 0 Å². The van der Waals surface area contributed by atoms with Crippen molar-refractivity contribution in [1.29, 1.82) is 0 Å². The summed E-state index contributed by atoms with van der Waals surface area (Å²) >= 11 is 0. The Morgan fingerprint density at radius 1 is 1.17 bits per heavy atom. The molecule has 1 aromatic carbocycles. The molecule has 3 nitrogen and oxygen atoms in total. The van der Waals surface area contributed by atoms with Crippen LogP contribution in [-0.2, 0) is 0 Å². The maximum atomic E-state index is 9.97. The van der Waals surface area contributed by atoms with Gasteiger partial charge < -0.3 is 9.84 Å². The number of benzene rings is 1. The van der Waals surface area contributed by atoms with E-state index in [0.717, 1.165) is 16.9 Å². The molecule has 1 atom stereocenters. The van der Waals surface area contributed by atoms with Crippen LogP contribution in [0.4, 0.5) is 0 Å². The summed E-state index contributed by atoms with van der Waals surface area (Å²) in [6, 6.07) is 9.57. The van der Waals surface area contributed by atoms with Crippen LogP contribution in [0.25, 0.3) is 0 Å². The predicted octanol–water partition coefficient (Wildman–Crippen LogP) is 2.81. The standard InChI is InChI=1S/C15H17NO2/c1-11-3-4-15(12(2)9-11)18-10-14(17)13-5-7-16-8-6-13/h3-9,14,17H,10H2,1-2H3. The topological polar surface area (TPSA) is 42.4 Å². The molecular formula is C15H17NO2. The van der Waals surface area contributed by atoms with Crippen molar-refractivity contribution in [1.82, 2.24) is 4.98 Å². The van der Waals surface area contributed by atoms with Crippen LogP contribution in [0.15, 0.2) is 42.7 Å². The van der Waals surface area contributed by atoms with Crippen molar-refractivity contribution < 1.29 is 9.84 Å². The van der Waals surface area contributed by atoms with Gasteiger partial charge in [0.15, 0.2) is 0 Å². The van der Waals surface area contributed by atoms with Crippen LogP contribution in [0.3, 0.4) is 0 Å².